The monoisotopic (exact) mass is 282 g/mol. The number of hydrogen-bond acceptors (Lipinski definition) is 5. The van der Waals surface area contributed by atoms with Gasteiger partial charge in [-0.25, -0.2) is 0 Å². The van der Waals surface area contributed by atoms with E-state index in [9.17, 15) is 0 Å². The van der Waals surface area contributed by atoms with E-state index in [0.717, 1.165) is 51.4 Å². The van der Waals surface area contributed by atoms with Crippen LogP contribution in [0, 0.1) is 0 Å². The zero-order chi connectivity index (χ0) is 13.1. The van der Waals surface area contributed by atoms with Crippen molar-refractivity contribution in [2.45, 2.75) is 31.3 Å². The zero-order valence-corrected chi connectivity index (χ0v) is 11.6. The summed E-state index contributed by atoms with van der Waals surface area (Å²) in [5, 5.41) is 12.2. The molecule has 0 spiro atoms. The van der Waals surface area contributed by atoms with Crippen LogP contribution in [0.5, 0.6) is 0 Å². The van der Waals surface area contributed by atoms with E-state index in [-0.39, 0.29) is 0 Å². The highest BCUT2D eigenvalue weighted by atomic mass is 35.5. The number of nitrogens with zero attached hydrogens (tertiary/aromatic N) is 3. The van der Waals surface area contributed by atoms with E-state index >= 15 is 0 Å². The molecule has 6 heteroatoms. The molecule has 0 saturated carbocycles. The van der Waals surface area contributed by atoms with Crippen molar-refractivity contribution in [3.05, 3.63) is 17.3 Å². The van der Waals surface area contributed by atoms with Crippen molar-refractivity contribution in [1.29, 1.82) is 0 Å². The molecule has 104 valence electrons. The quantitative estimate of drug-likeness (QED) is 0.910. The Balaban J connectivity index is 1.53. The predicted molar refractivity (Wildman–Crippen MR) is 74.6 cm³/mol. The molecule has 0 aromatic carbocycles. The molecule has 2 saturated heterocycles. The second-order valence-electron chi connectivity index (χ2n) is 5.20. The maximum atomic E-state index is 5.76. The Labute approximate surface area is 118 Å². The third-order valence-electron chi connectivity index (χ3n) is 3.82. The van der Waals surface area contributed by atoms with E-state index in [1.165, 1.54) is 0 Å². The fourth-order valence-corrected chi connectivity index (χ4v) is 2.88. The average molecular weight is 283 g/mol. The topological polar surface area (TPSA) is 50.3 Å². The van der Waals surface area contributed by atoms with E-state index < -0.39 is 0 Å². The second-order valence-corrected chi connectivity index (χ2v) is 5.59. The normalized spacial score (nSPS) is 24.9. The molecule has 5 nitrogen and oxygen atoms in total. The Bertz CT molecular complexity index is 408. The first-order valence-corrected chi connectivity index (χ1v) is 7.27. The van der Waals surface area contributed by atoms with Crippen molar-refractivity contribution in [2.24, 2.45) is 0 Å². The first kappa shape index (κ1) is 13.1. The third-order valence-corrected chi connectivity index (χ3v) is 4.02. The van der Waals surface area contributed by atoms with E-state index in [0.29, 0.717) is 17.2 Å². The van der Waals surface area contributed by atoms with Gasteiger partial charge in [0.25, 0.3) is 0 Å². The number of anilines is 1. The van der Waals surface area contributed by atoms with E-state index in [1.807, 2.05) is 6.07 Å². The molecule has 3 heterocycles. The van der Waals surface area contributed by atoms with Crippen molar-refractivity contribution in [3.8, 4) is 0 Å². The summed E-state index contributed by atoms with van der Waals surface area (Å²) in [4.78, 5) is 2.26. The van der Waals surface area contributed by atoms with Crippen LogP contribution in [-0.4, -0.2) is 48.6 Å². The van der Waals surface area contributed by atoms with Crippen LogP contribution in [0.2, 0.25) is 5.15 Å². The van der Waals surface area contributed by atoms with Crippen LogP contribution >= 0.6 is 11.6 Å². The molecule has 3 rings (SSSR count). The SMILES string of the molecule is Clc1ccc(N2CCC(NC3CCOCC3)C2)nn1. The van der Waals surface area contributed by atoms with Crippen LogP contribution in [0.15, 0.2) is 12.1 Å². The molecule has 0 aliphatic carbocycles. The molecule has 0 amide bonds. The van der Waals surface area contributed by atoms with Gasteiger partial charge in [-0.1, -0.05) is 11.6 Å². The van der Waals surface area contributed by atoms with Gasteiger partial charge in [-0.2, -0.15) is 0 Å². The summed E-state index contributed by atoms with van der Waals surface area (Å²) < 4.78 is 5.38. The first-order valence-electron chi connectivity index (χ1n) is 6.89. The number of nitrogens with one attached hydrogen (secondary N) is 1. The molecule has 0 bridgehead atoms. The summed E-state index contributed by atoms with van der Waals surface area (Å²) in [6, 6.07) is 4.88. The Morgan fingerprint density at radius 2 is 2.00 bits per heavy atom. The Kier molecular flexibility index (Phi) is 4.15. The lowest BCUT2D eigenvalue weighted by Gasteiger charge is -2.26. The summed E-state index contributed by atoms with van der Waals surface area (Å²) in [6.07, 6.45) is 3.40. The summed E-state index contributed by atoms with van der Waals surface area (Å²) >= 11 is 5.76. The molecule has 1 aromatic rings. The molecular formula is C13H19ClN4O. The zero-order valence-electron chi connectivity index (χ0n) is 10.9. The summed E-state index contributed by atoms with van der Waals surface area (Å²) in [7, 11) is 0. The van der Waals surface area contributed by atoms with Crippen LogP contribution in [0.1, 0.15) is 19.3 Å². The Hall–Kier alpha value is -0.910. The van der Waals surface area contributed by atoms with Crippen molar-refractivity contribution in [1.82, 2.24) is 15.5 Å². The van der Waals surface area contributed by atoms with Gasteiger partial charge < -0.3 is 15.0 Å². The van der Waals surface area contributed by atoms with Crippen molar-refractivity contribution >= 4 is 17.4 Å². The minimum atomic E-state index is 0.444. The van der Waals surface area contributed by atoms with Gasteiger partial charge in [0.1, 0.15) is 0 Å². The number of aromatic nitrogens is 2. The lowest BCUT2D eigenvalue weighted by atomic mass is 10.1. The molecule has 1 aromatic heterocycles. The average Bonchev–Trinajstić information content (AvgIpc) is 2.89. The fraction of sp³-hybridized carbons (Fsp3) is 0.692. The van der Waals surface area contributed by atoms with Gasteiger partial charge in [-0.3, -0.25) is 0 Å². The van der Waals surface area contributed by atoms with Crippen LogP contribution in [0.4, 0.5) is 5.82 Å². The summed E-state index contributed by atoms with van der Waals surface area (Å²) in [5.74, 6) is 0.917. The van der Waals surface area contributed by atoms with E-state index in [4.69, 9.17) is 16.3 Å². The number of ether oxygens (including phenoxy) is 1. The van der Waals surface area contributed by atoms with Crippen LogP contribution in [0.3, 0.4) is 0 Å². The van der Waals surface area contributed by atoms with Gasteiger partial charge in [0.15, 0.2) is 11.0 Å². The van der Waals surface area contributed by atoms with Gasteiger partial charge in [-0.05, 0) is 31.4 Å². The highest BCUT2D eigenvalue weighted by Crippen LogP contribution is 2.19. The number of hydrogen-bond donors (Lipinski definition) is 1. The molecule has 2 aliphatic rings. The van der Waals surface area contributed by atoms with Gasteiger partial charge >= 0.3 is 0 Å². The third kappa shape index (κ3) is 3.35. The van der Waals surface area contributed by atoms with Crippen LogP contribution in [-0.2, 0) is 4.74 Å². The van der Waals surface area contributed by atoms with Crippen LogP contribution in [0.25, 0.3) is 0 Å². The molecule has 2 aliphatic heterocycles. The van der Waals surface area contributed by atoms with Crippen molar-refractivity contribution in [3.63, 3.8) is 0 Å². The lowest BCUT2D eigenvalue weighted by Crippen LogP contribution is -2.43. The Morgan fingerprint density at radius 1 is 1.16 bits per heavy atom. The van der Waals surface area contributed by atoms with E-state index in [1.54, 1.807) is 6.07 Å². The highest BCUT2D eigenvalue weighted by molar-refractivity contribution is 6.29. The minimum Gasteiger partial charge on any atom is -0.381 e. The van der Waals surface area contributed by atoms with Crippen molar-refractivity contribution in [2.75, 3.05) is 31.2 Å². The second kappa shape index (κ2) is 6.03. The van der Waals surface area contributed by atoms with Crippen LogP contribution < -0.4 is 10.2 Å². The van der Waals surface area contributed by atoms with E-state index in [2.05, 4.69) is 20.4 Å². The smallest absolute Gasteiger partial charge is 0.151 e. The fourth-order valence-electron chi connectivity index (χ4n) is 2.78. The lowest BCUT2D eigenvalue weighted by molar-refractivity contribution is 0.0755. The molecule has 1 atom stereocenters. The maximum Gasteiger partial charge on any atom is 0.151 e. The predicted octanol–water partition coefficient (Wildman–Crippen LogP) is 1.48. The standard InChI is InChI=1S/C13H19ClN4O/c14-12-1-2-13(17-16-12)18-6-3-11(9-18)15-10-4-7-19-8-5-10/h1-2,10-11,15H,3-9H2. The highest BCUT2D eigenvalue weighted by Gasteiger charge is 2.26. The largest absolute Gasteiger partial charge is 0.381 e. The molecular weight excluding hydrogens is 264 g/mol. The first-order chi connectivity index (χ1) is 9.31. The maximum absolute atomic E-state index is 5.76. The molecule has 2 fully saturated rings. The van der Waals surface area contributed by atoms with Crippen molar-refractivity contribution < 1.29 is 4.74 Å². The van der Waals surface area contributed by atoms with Gasteiger partial charge in [-0.15, -0.1) is 10.2 Å². The number of rotatable bonds is 3. The summed E-state index contributed by atoms with van der Waals surface area (Å²) in [6.45, 7) is 3.79. The van der Waals surface area contributed by atoms with Gasteiger partial charge in [0, 0.05) is 38.4 Å². The molecule has 1 unspecified atom stereocenters. The Morgan fingerprint density at radius 3 is 2.74 bits per heavy atom. The van der Waals surface area contributed by atoms with Gasteiger partial charge in [0.05, 0.1) is 0 Å². The van der Waals surface area contributed by atoms with Gasteiger partial charge in [0.2, 0.25) is 0 Å². The minimum absolute atomic E-state index is 0.444. The summed E-state index contributed by atoms with van der Waals surface area (Å²) in [5.41, 5.74) is 0. The molecule has 19 heavy (non-hydrogen) atoms. The molecule has 1 N–H and O–H groups in total. The molecule has 0 radical (unpaired) electrons. The number of halogens is 1.